The molecule has 0 saturated carbocycles. The number of carbonyl (C=O) groups is 2. The third-order valence-corrected chi connectivity index (χ3v) is 6.83. The van der Waals surface area contributed by atoms with Gasteiger partial charge in [-0.15, -0.1) is 0 Å². The van der Waals surface area contributed by atoms with Crippen molar-refractivity contribution >= 4 is 68.8 Å². The maximum atomic E-state index is 12.5. The first kappa shape index (κ1) is 25.8. The van der Waals surface area contributed by atoms with E-state index in [1.807, 2.05) is 68.4 Å². The van der Waals surface area contributed by atoms with E-state index in [0.717, 1.165) is 25.9 Å². The highest BCUT2D eigenvalue weighted by Crippen LogP contribution is 2.36. The molecular formula is C27H24IN3O4S. The van der Waals surface area contributed by atoms with Crippen molar-refractivity contribution in [3.63, 3.8) is 0 Å². The molecule has 0 unspecified atom stereocenters. The molecule has 1 fully saturated rings. The van der Waals surface area contributed by atoms with Crippen LogP contribution in [-0.4, -0.2) is 30.7 Å². The smallest absolute Gasteiger partial charge is 0.264 e. The van der Waals surface area contributed by atoms with Gasteiger partial charge in [-0.3, -0.25) is 9.59 Å². The number of nitrogens with one attached hydrogen (secondary N) is 2. The SMILES string of the molecule is COc1cc(/C=C2\SC(=Nc3ccc(C)cc3)NC2=O)cc(I)c1OCC(=O)Nc1cccc(C)c1. The topological polar surface area (TPSA) is 89.0 Å². The van der Waals surface area contributed by atoms with Crippen LogP contribution >= 0.6 is 34.4 Å². The van der Waals surface area contributed by atoms with Crippen LogP contribution in [0.25, 0.3) is 6.08 Å². The Balaban J connectivity index is 1.46. The van der Waals surface area contributed by atoms with Crippen LogP contribution in [0.4, 0.5) is 11.4 Å². The van der Waals surface area contributed by atoms with Crippen LogP contribution in [0.15, 0.2) is 70.6 Å². The van der Waals surface area contributed by atoms with Crippen molar-refractivity contribution in [3.05, 3.63) is 85.8 Å². The molecule has 0 atom stereocenters. The molecule has 3 aromatic rings. The number of rotatable bonds is 7. The summed E-state index contributed by atoms with van der Waals surface area (Å²) in [6, 6.07) is 19.0. The van der Waals surface area contributed by atoms with Gasteiger partial charge in [-0.2, -0.15) is 0 Å². The highest BCUT2D eigenvalue weighted by molar-refractivity contribution is 14.1. The van der Waals surface area contributed by atoms with Gasteiger partial charge in [0.2, 0.25) is 0 Å². The zero-order valence-electron chi connectivity index (χ0n) is 19.9. The molecule has 0 aliphatic carbocycles. The molecule has 184 valence electrons. The number of nitrogens with zero attached hydrogens (tertiary/aromatic N) is 1. The number of ether oxygens (including phenoxy) is 2. The first-order chi connectivity index (χ1) is 17.3. The normalized spacial score (nSPS) is 15.2. The summed E-state index contributed by atoms with van der Waals surface area (Å²) in [5.74, 6) is 0.441. The van der Waals surface area contributed by atoms with Gasteiger partial charge < -0.3 is 20.1 Å². The van der Waals surface area contributed by atoms with Crippen LogP contribution in [0.3, 0.4) is 0 Å². The third-order valence-electron chi connectivity index (χ3n) is 5.11. The van der Waals surface area contributed by atoms with Gasteiger partial charge in [0, 0.05) is 5.69 Å². The number of carbonyl (C=O) groups excluding carboxylic acids is 2. The fourth-order valence-electron chi connectivity index (χ4n) is 3.39. The largest absolute Gasteiger partial charge is 0.493 e. The number of amidine groups is 1. The van der Waals surface area contributed by atoms with E-state index in [4.69, 9.17) is 9.47 Å². The zero-order chi connectivity index (χ0) is 25.7. The van der Waals surface area contributed by atoms with Crippen LogP contribution in [0.5, 0.6) is 11.5 Å². The Hall–Kier alpha value is -3.31. The van der Waals surface area contributed by atoms with Gasteiger partial charge in [0.25, 0.3) is 11.8 Å². The van der Waals surface area contributed by atoms with Gasteiger partial charge in [0.15, 0.2) is 23.3 Å². The predicted octanol–water partition coefficient (Wildman–Crippen LogP) is 5.83. The standard InChI is InChI=1S/C27H24IN3O4S/c1-16-7-9-19(10-8-16)30-27-31-26(33)23(36-27)14-18-12-21(28)25(22(13-18)34-3)35-15-24(32)29-20-6-4-5-17(2)11-20/h4-14H,15H2,1-3H3,(H,29,32)(H,30,31,33)/b23-14-. The Morgan fingerprint density at radius 1 is 1.11 bits per heavy atom. The predicted molar refractivity (Wildman–Crippen MR) is 153 cm³/mol. The van der Waals surface area contributed by atoms with Crippen LogP contribution < -0.4 is 20.1 Å². The fraction of sp³-hybridized carbons (Fsp3) is 0.148. The molecule has 1 aliphatic rings. The van der Waals surface area contributed by atoms with E-state index in [2.05, 4.69) is 38.2 Å². The first-order valence-corrected chi connectivity index (χ1v) is 12.9. The number of methoxy groups -OCH3 is 1. The summed E-state index contributed by atoms with van der Waals surface area (Å²) in [6.45, 7) is 3.80. The van der Waals surface area contributed by atoms with E-state index in [9.17, 15) is 9.59 Å². The Morgan fingerprint density at radius 2 is 1.89 bits per heavy atom. The van der Waals surface area contributed by atoms with Gasteiger partial charge in [-0.05, 0) is 102 Å². The van der Waals surface area contributed by atoms with Gasteiger partial charge in [-0.25, -0.2) is 4.99 Å². The number of hydrogen-bond donors (Lipinski definition) is 2. The molecule has 1 aliphatic heterocycles. The number of thioether (sulfide) groups is 1. The van der Waals surface area contributed by atoms with Gasteiger partial charge in [0.05, 0.1) is 21.3 Å². The summed E-state index contributed by atoms with van der Waals surface area (Å²) in [4.78, 5) is 29.9. The van der Waals surface area contributed by atoms with E-state index in [0.29, 0.717) is 27.3 Å². The average Bonchev–Trinajstić information content (AvgIpc) is 3.17. The summed E-state index contributed by atoms with van der Waals surface area (Å²) in [6.07, 6.45) is 1.77. The van der Waals surface area contributed by atoms with Crippen LogP contribution in [-0.2, 0) is 9.59 Å². The molecule has 0 aromatic heterocycles. The summed E-state index contributed by atoms with van der Waals surface area (Å²) < 4.78 is 12.1. The monoisotopic (exact) mass is 613 g/mol. The van der Waals surface area contributed by atoms with Crippen molar-refractivity contribution in [1.82, 2.24) is 5.32 Å². The molecule has 2 amide bonds. The molecule has 1 saturated heterocycles. The van der Waals surface area contributed by atoms with Crippen molar-refractivity contribution in [2.75, 3.05) is 19.0 Å². The number of benzene rings is 3. The maximum Gasteiger partial charge on any atom is 0.264 e. The van der Waals surface area contributed by atoms with Gasteiger partial charge in [0.1, 0.15) is 0 Å². The minimum absolute atomic E-state index is 0.169. The highest BCUT2D eigenvalue weighted by Gasteiger charge is 2.24. The molecule has 3 aromatic carbocycles. The van der Waals surface area contributed by atoms with Gasteiger partial charge in [-0.1, -0.05) is 29.8 Å². The highest BCUT2D eigenvalue weighted by atomic mass is 127. The van der Waals surface area contributed by atoms with E-state index in [-0.39, 0.29) is 18.4 Å². The Bertz CT molecular complexity index is 1370. The van der Waals surface area contributed by atoms with Crippen molar-refractivity contribution in [2.24, 2.45) is 4.99 Å². The van der Waals surface area contributed by atoms with Crippen LogP contribution in [0.2, 0.25) is 0 Å². The van der Waals surface area contributed by atoms with Crippen LogP contribution in [0.1, 0.15) is 16.7 Å². The van der Waals surface area contributed by atoms with Crippen molar-refractivity contribution in [3.8, 4) is 11.5 Å². The molecule has 4 rings (SSSR count). The summed E-state index contributed by atoms with van der Waals surface area (Å²) in [5, 5.41) is 6.15. The summed E-state index contributed by atoms with van der Waals surface area (Å²) in [5.41, 5.74) is 4.45. The molecule has 7 nitrogen and oxygen atoms in total. The number of aryl methyl sites for hydroxylation is 2. The molecule has 2 N–H and O–H groups in total. The molecular weight excluding hydrogens is 589 g/mol. The van der Waals surface area contributed by atoms with Crippen molar-refractivity contribution < 1.29 is 19.1 Å². The Kier molecular flexibility index (Phi) is 8.32. The quantitative estimate of drug-likeness (QED) is 0.259. The third kappa shape index (κ3) is 6.67. The van der Waals surface area contributed by atoms with E-state index >= 15 is 0 Å². The lowest BCUT2D eigenvalue weighted by molar-refractivity contribution is -0.118. The summed E-state index contributed by atoms with van der Waals surface area (Å²) in [7, 11) is 1.53. The number of hydrogen-bond acceptors (Lipinski definition) is 6. The average molecular weight is 613 g/mol. The van der Waals surface area contributed by atoms with Gasteiger partial charge >= 0.3 is 0 Å². The lowest BCUT2D eigenvalue weighted by Crippen LogP contribution is -2.20. The van der Waals surface area contributed by atoms with E-state index in [1.54, 1.807) is 12.1 Å². The molecule has 36 heavy (non-hydrogen) atoms. The number of aliphatic imine (C=N–C) groups is 1. The lowest BCUT2D eigenvalue weighted by atomic mass is 10.2. The minimum atomic E-state index is -0.274. The second-order valence-electron chi connectivity index (χ2n) is 8.06. The first-order valence-electron chi connectivity index (χ1n) is 11.0. The molecule has 0 spiro atoms. The summed E-state index contributed by atoms with van der Waals surface area (Å²) >= 11 is 3.40. The molecule has 1 heterocycles. The maximum absolute atomic E-state index is 12.5. The Morgan fingerprint density at radius 3 is 2.61 bits per heavy atom. The zero-order valence-corrected chi connectivity index (χ0v) is 22.9. The lowest BCUT2D eigenvalue weighted by Gasteiger charge is -2.14. The number of amides is 2. The number of halogens is 1. The number of anilines is 1. The Labute approximate surface area is 227 Å². The van der Waals surface area contributed by atoms with E-state index < -0.39 is 0 Å². The van der Waals surface area contributed by atoms with Crippen molar-refractivity contribution in [1.29, 1.82) is 0 Å². The molecule has 0 radical (unpaired) electrons. The molecule has 9 heteroatoms. The van der Waals surface area contributed by atoms with E-state index in [1.165, 1.54) is 18.9 Å². The van der Waals surface area contributed by atoms with Crippen molar-refractivity contribution in [2.45, 2.75) is 13.8 Å². The van der Waals surface area contributed by atoms with Crippen LogP contribution in [0, 0.1) is 17.4 Å². The fourth-order valence-corrected chi connectivity index (χ4v) is 5.01. The second kappa shape index (κ2) is 11.6. The second-order valence-corrected chi connectivity index (χ2v) is 10.3. The minimum Gasteiger partial charge on any atom is -0.493 e. The molecule has 0 bridgehead atoms.